The van der Waals surface area contributed by atoms with Crippen LogP contribution < -0.4 is 5.32 Å². The monoisotopic (exact) mass is 199 g/mol. The number of allylic oxidation sites excluding steroid dienone is 1. The van der Waals surface area contributed by atoms with Gasteiger partial charge in [-0.25, -0.2) is 0 Å². The molecule has 0 spiro atoms. The zero-order valence-corrected chi connectivity index (χ0v) is 8.91. The molecule has 1 N–H and O–H groups in total. The molecule has 0 aromatic heterocycles. The second-order valence-corrected chi connectivity index (χ2v) is 3.06. The highest BCUT2D eigenvalue weighted by Gasteiger charge is 2.05. The third kappa shape index (κ3) is 2.44. The molecule has 1 aromatic rings. The van der Waals surface area contributed by atoms with Crippen LogP contribution in [0.5, 0.6) is 0 Å². The lowest BCUT2D eigenvalue weighted by atomic mass is 10.1. The van der Waals surface area contributed by atoms with Gasteiger partial charge in [-0.2, -0.15) is 5.26 Å². The van der Waals surface area contributed by atoms with Crippen LogP contribution in [0.4, 0.5) is 11.4 Å². The maximum absolute atomic E-state index is 8.82. The van der Waals surface area contributed by atoms with E-state index in [4.69, 9.17) is 5.26 Å². The fourth-order valence-corrected chi connectivity index (χ4v) is 1.33. The van der Waals surface area contributed by atoms with Crippen LogP contribution in [-0.4, -0.2) is 13.3 Å². The smallest absolute Gasteiger partial charge is 0.0992 e. The first-order valence-electron chi connectivity index (χ1n) is 4.60. The fourth-order valence-electron chi connectivity index (χ4n) is 1.33. The maximum atomic E-state index is 8.82. The van der Waals surface area contributed by atoms with E-state index in [0.717, 1.165) is 16.9 Å². The molecule has 1 aromatic carbocycles. The Balaban J connectivity index is 3.31. The van der Waals surface area contributed by atoms with Gasteiger partial charge in [0.15, 0.2) is 0 Å². The second-order valence-electron chi connectivity index (χ2n) is 3.06. The van der Waals surface area contributed by atoms with E-state index in [1.54, 1.807) is 18.4 Å². The van der Waals surface area contributed by atoms with Gasteiger partial charge in [0.25, 0.3) is 0 Å². The molecule has 0 radical (unpaired) electrons. The van der Waals surface area contributed by atoms with E-state index in [-0.39, 0.29) is 0 Å². The zero-order valence-electron chi connectivity index (χ0n) is 8.91. The quantitative estimate of drug-likeness (QED) is 0.761. The molecule has 3 heteroatoms. The van der Waals surface area contributed by atoms with Gasteiger partial charge in [-0.15, -0.1) is 0 Å². The number of aliphatic imine (C=N–C) groups is 1. The lowest BCUT2D eigenvalue weighted by Gasteiger charge is -2.08. The SMILES string of the molecule is C=CC=Nc1c(C)cc(C#N)cc1NC. The molecule has 0 heterocycles. The Hall–Kier alpha value is -2.08. The van der Waals surface area contributed by atoms with Crippen LogP contribution in [-0.2, 0) is 0 Å². The number of aryl methyl sites for hydroxylation is 1. The van der Waals surface area contributed by atoms with Gasteiger partial charge in [-0.1, -0.05) is 12.7 Å². The first kappa shape index (κ1) is 11.0. The van der Waals surface area contributed by atoms with E-state index in [1.165, 1.54) is 0 Å². The predicted molar refractivity (Wildman–Crippen MR) is 63.8 cm³/mol. The van der Waals surface area contributed by atoms with Crippen molar-refractivity contribution in [2.24, 2.45) is 4.99 Å². The first-order valence-corrected chi connectivity index (χ1v) is 4.60. The van der Waals surface area contributed by atoms with E-state index < -0.39 is 0 Å². The van der Waals surface area contributed by atoms with Crippen molar-refractivity contribution in [2.75, 3.05) is 12.4 Å². The molecule has 0 aliphatic rings. The van der Waals surface area contributed by atoms with Crippen molar-refractivity contribution in [3.63, 3.8) is 0 Å². The van der Waals surface area contributed by atoms with Crippen LogP contribution in [0.15, 0.2) is 29.8 Å². The molecule has 0 bridgehead atoms. The number of rotatable bonds is 3. The number of nitriles is 1. The molecule has 1 rings (SSSR count). The molecule has 0 amide bonds. The van der Waals surface area contributed by atoms with Gasteiger partial charge >= 0.3 is 0 Å². The van der Waals surface area contributed by atoms with Crippen molar-refractivity contribution >= 4 is 17.6 Å². The van der Waals surface area contributed by atoms with Gasteiger partial charge in [0.2, 0.25) is 0 Å². The van der Waals surface area contributed by atoms with Crippen LogP contribution in [0.25, 0.3) is 0 Å². The average molecular weight is 199 g/mol. The Morgan fingerprint density at radius 3 is 2.80 bits per heavy atom. The van der Waals surface area contributed by atoms with Crippen LogP contribution in [0.1, 0.15) is 11.1 Å². The molecule has 0 saturated carbocycles. The Labute approximate surface area is 89.8 Å². The van der Waals surface area contributed by atoms with Crippen molar-refractivity contribution in [1.82, 2.24) is 0 Å². The molecule has 0 aliphatic heterocycles. The number of nitrogens with one attached hydrogen (secondary N) is 1. The van der Waals surface area contributed by atoms with E-state index in [2.05, 4.69) is 23.0 Å². The van der Waals surface area contributed by atoms with Gasteiger partial charge in [0.1, 0.15) is 0 Å². The van der Waals surface area contributed by atoms with Gasteiger partial charge in [-0.05, 0) is 24.6 Å². The summed E-state index contributed by atoms with van der Waals surface area (Å²) < 4.78 is 0. The van der Waals surface area contributed by atoms with Gasteiger partial charge < -0.3 is 5.32 Å². The number of hydrogen-bond acceptors (Lipinski definition) is 3. The lowest BCUT2D eigenvalue weighted by molar-refractivity contribution is 1.36. The van der Waals surface area contributed by atoms with Crippen molar-refractivity contribution in [3.05, 3.63) is 35.9 Å². The maximum Gasteiger partial charge on any atom is 0.0992 e. The highest BCUT2D eigenvalue weighted by Crippen LogP contribution is 2.29. The highest BCUT2D eigenvalue weighted by molar-refractivity contribution is 5.80. The van der Waals surface area contributed by atoms with Crippen molar-refractivity contribution in [1.29, 1.82) is 5.26 Å². The van der Waals surface area contributed by atoms with E-state index >= 15 is 0 Å². The Morgan fingerprint density at radius 1 is 1.53 bits per heavy atom. The Morgan fingerprint density at radius 2 is 2.27 bits per heavy atom. The third-order valence-electron chi connectivity index (χ3n) is 2.01. The molecule has 76 valence electrons. The Bertz CT molecular complexity index is 439. The largest absolute Gasteiger partial charge is 0.386 e. The summed E-state index contributed by atoms with van der Waals surface area (Å²) in [6, 6.07) is 5.71. The molecular formula is C12H13N3. The summed E-state index contributed by atoms with van der Waals surface area (Å²) in [7, 11) is 1.81. The minimum absolute atomic E-state index is 0.634. The van der Waals surface area contributed by atoms with Gasteiger partial charge in [-0.3, -0.25) is 4.99 Å². The minimum Gasteiger partial charge on any atom is -0.386 e. The van der Waals surface area contributed by atoms with E-state index in [0.29, 0.717) is 5.56 Å². The van der Waals surface area contributed by atoms with Crippen molar-refractivity contribution < 1.29 is 0 Å². The summed E-state index contributed by atoms with van der Waals surface area (Å²) in [5, 5.41) is 11.8. The predicted octanol–water partition coefficient (Wildman–Crippen LogP) is 2.80. The minimum atomic E-state index is 0.634. The summed E-state index contributed by atoms with van der Waals surface area (Å²) in [6.45, 7) is 5.50. The van der Waals surface area contributed by atoms with Crippen molar-refractivity contribution in [2.45, 2.75) is 6.92 Å². The molecular weight excluding hydrogens is 186 g/mol. The standard InChI is InChI=1S/C12H13N3/c1-4-5-15-12-9(2)6-10(8-13)7-11(12)14-3/h4-7,14H,1H2,2-3H3. The van der Waals surface area contributed by atoms with Crippen LogP contribution in [0.2, 0.25) is 0 Å². The average Bonchev–Trinajstić information content (AvgIpc) is 2.26. The second kappa shape index (κ2) is 4.97. The molecule has 0 fully saturated rings. The molecule has 15 heavy (non-hydrogen) atoms. The van der Waals surface area contributed by atoms with E-state index in [1.807, 2.05) is 20.0 Å². The summed E-state index contributed by atoms with van der Waals surface area (Å²) in [6.07, 6.45) is 3.26. The zero-order chi connectivity index (χ0) is 11.3. The summed E-state index contributed by atoms with van der Waals surface area (Å²) in [5.74, 6) is 0. The number of nitrogens with zero attached hydrogens (tertiary/aromatic N) is 2. The van der Waals surface area contributed by atoms with Gasteiger partial charge in [0.05, 0.1) is 23.0 Å². The van der Waals surface area contributed by atoms with Crippen LogP contribution >= 0.6 is 0 Å². The summed E-state index contributed by atoms with van der Waals surface area (Å²) in [5.41, 5.74) is 3.30. The van der Waals surface area contributed by atoms with Gasteiger partial charge in [0, 0.05) is 13.3 Å². The van der Waals surface area contributed by atoms with Crippen LogP contribution in [0, 0.1) is 18.3 Å². The molecule has 0 aliphatic carbocycles. The normalized spacial score (nSPS) is 9.93. The van der Waals surface area contributed by atoms with Crippen molar-refractivity contribution in [3.8, 4) is 6.07 Å². The van der Waals surface area contributed by atoms with Crippen LogP contribution in [0.3, 0.4) is 0 Å². The topological polar surface area (TPSA) is 48.2 Å². The molecule has 3 nitrogen and oxygen atoms in total. The Kier molecular flexibility index (Phi) is 3.64. The fraction of sp³-hybridized carbons (Fsp3) is 0.167. The number of benzene rings is 1. The number of anilines is 1. The summed E-state index contributed by atoms with van der Waals surface area (Å²) in [4.78, 5) is 4.26. The highest BCUT2D eigenvalue weighted by atomic mass is 14.9. The first-order chi connectivity index (χ1) is 7.22. The molecule has 0 saturated heterocycles. The third-order valence-corrected chi connectivity index (χ3v) is 2.01. The lowest BCUT2D eigenvalue weighted by Crippen LogP contribution is -1.92. The molecule has 0 atom stereocenters. The van der Waals surface area contributed by atoms with E-state index in [9.17, 15) is 0 Å². The molecule has 0 unspecified atom stereocenters. The number of hydrogen-bond donors (Lipinski definition) is 1. The summed E-state index contributed by atoms with van der Waals surface area (Å²) >= 11 is 0.